The molecular formula is C14H20N2O2. The van der Waals surface area contributed by atoms with E-state index in [1.807, 2.05) is 23.6 Å². The number of benzene rings is 1. The minimum atomic E-state index is 0.154. The largest absolute Gasteiger partial charge is 0.633 e. The van der Waals surface area contributed by atoms with Gasteiger partial charge in [0.05, 0.1) is 19.2 Å². The van der Waals surface area contributed by atoms with Gasteiger partial charge in [-0.15, -0.1) is 0 Å². The Labute approximate surface area is 107 Å². The second-order valence-electron chi connectivity index (χ2n) is 4.62. The Balaban J connectivity index is 2.50. The molecule has 1 N–H and O–H groups in total. The van der Waals surface area contributed by atoms with E-state index in [2.05, 4.69) is 19.1 Å². The molecule has 1 aromatic carbocycles. The molecule has 98 valence electrons. The van der Waals surface area contributed by atoms with Gasteiger partial charge in [-0.2, -0.15) is 0 Å². The Bertz CT molecular complexity index is 532. The van der Waals surface area contributed by atoms with Crippen molar-refractivity contribution in [3.63, 3.8) is 0 Å². The van der Waals surface area contributed by atoms with Gasteiger partial charge < -0.3 is 15.0 Å². The standard InChI is InChI=1S/C14H20N2O2/c1-4-8-18-13-7-5-6-12-9-11(2)16(14(12)13)10-15(3)17/h5-7,9,15H,4,8,10H2,1-3H3. The highest BCUT2D eigenvalue weighted by atomic mass is 16.5. The summed E-state index contributed by atoms with van der Waals surface area (Å²) >= 11 is 0. The fourth-order valence-electron chi connectivity index (χ4n) is 2.18. The molecular weight excluding hydrogens is 228 g/mol. The van der Waals surface area contributed by atoms with Crippen molar-refractivity contribution in [3.8, 4) is 5.75 Å². The molecule has 1 heterocycles. The van der Waals surface area contributed by atoms with Crippen LogP contribution in [0.15, 0.2) is 24.3 Å². The maximum atomic E-state index is 11.4. The maximum absolute atomic E-state index is 11.4. The molecule has 18 heavy (non-hydrogen) atoms. The number of fused-ring (bicyclic) bond motifs is 1. The summed E-state index contributed by atoms with van der Waals surface area (Å²) < 4.78 is 7.80. The summed E-state index contributed by atoms with van der Waals surface area (Å²) in [5, 5.41) is 12.7. The Hall–Kier alpha value is -1.52. The molecule has 0 radical (unpaired) electrons. The predicted octanol–water partition coefficient (Wildman–Crippen LogP) is 1.71. The minimum Gasteiger partial charge on any atom is -0.633 e. The van der Waals surface area contributed by atoms with E-state index in [1.54, 1.807) is 7.05 Å². The van der Waals surface area contributed by atoms with E-state index in [9.17, 15) is 5.21 Å². The molecule has 0 spiro atoms. The minimum absolute atomic E-state index is 0.154. The van der Waals surface area contributed by atoms with Crippen molar-refractivity contribution in [2.75, 3.05) is 13.7 Å². The molecule has 1 unspecified atom stereocenters. The van der Waals surface area contributed by atoms with E-state index in [4.69, 9.17) is 4.74 Å². The molecule has 0 aliphatic carbocycles. The number of hydrogen-bond acceptors (Lipinski definition) is 2. The molecule has 0 aliphatic rings. The fourth-order valence-corrected chi connectivity index (χ4v) is 2.18. The fraction of sp³-hybridized carbons (Fsp3) is 0.429. The lowest BCUT2D eigenvalue weighted by atomic mass is 10.2. The highest BCUT2D eigenvalue weighted by Gasteiger charge is 2.11. The molecule has 0 amide bonds. The average molecular weight is 248 g/mol. The van der Waals surface area contributed by atoms with Crippen LogP contribution in [0.4, 0.5) is 0 Å². The summed E-state index contributed by atoms with van der Waals surface area (Å²) in [5.41, 5.74) is 2.12. The third kappa shape index (κ3) is 2.49. The summed E-state index contributed by atoms with van der Waals surface area (Å²) in [6, 6.07) is 8.10. The summed E-state index contributed by atoms with van der Waals surface area (Å²) in [6.45, 7) is 5.21. The van der Waals surface area contributed by atoms with E-state index in [-0.39, 0.29) is 5.06 Å². The van der Waals surface area contributed by atoms with Crippen molar-refractivity contribution in [2.45, 2.75) is 26.9 Å². The van der Waals surface area contributed by atoms with Gasteiger partial charge in [-0.3, -0.25) is 4.57 Å². The first-order valence-electron chi connectivity index (χ1n) is 6.34. The Morgan fingerprint density at radius 1 is 1.39 bits per heavy atom. The molecule has 0 saturated carbocycles. The topological polar surface area (TPSA) is 41.7 Å². The van der Waals surface area contributed by atoms with E-state index in [0.29, 0.717) is 13.3 Å². The number of aryl methyl sites for hydroxylation is 1. The quantitative estimate of drug-likeness (QED) is 0.818. The number of hydroxylamine groups is 2. The van der Waals surface area contributed by atoms with Crippen LogP contribution in [0.1, 0.15) is 19.0 Å². The Morgan fingerprint density at radius 3 is 2.83 bits per heavy atom. The normalized spacial score (nSPS) is 12.9. The number of quaternary nitrogens is 1. The number of aromatic nitrogens is 1. The molecule has 1 atom stereocenters. The smallest absolute Gasteiger partial charge is 0.156 e. The van der Waals surface area contributed by atoms with Gasteiger partial charge in [0.15, 0.2) is 6.67 Å². The lowest BCUT2D eigenvalue weighted by Crippen LogP contribution is -3.03. The van der Waals surface area contributed by atoms with Crippen molar-refractivity contribution < 1.29 is 9.80 Å². The number of nitrogens with zero attached hydrogens (tertiary/aromatic N) is 1. The molecule has 0 fully saturated rings. The summed E-state index contributed by atoms with van der Waals surface area (Å²) in [5.74, 6) is 0.865. The molecule has 4 nitrogen and oxygen atoms in total. The number of hydrogen-bond donors (Lipinski definition) is 1. The van der Waals surface area contributed by atoms with E-state index < -0.39 is 0 Å². The monoisotopic (exact) mass is 248 g/mol. The molecule has 2 rings (SSSR count). The lowest BCUT2D eigenvalue weighted by Gasteiger charge is -2.19. The van der Waals surface area contributed by atoms with Gasteiger partial charge in [0.2, 0.25) is 0 Å². The zero-order chi connectivity index (χ0) is 13.1. The summed E-state index contributed by atoms with van der Waals surface area (Å²) in [6.07, 6.45) is 0.975. The van der Waals surface area contributed by atoms with E-state index >= 15 is 0 Å². The Kier molecular flexibility index (Phi) is 3.89. The molecule has 0 saturated heterocycles. The maximum Gasteiger partial charge on any atom is 0.156 e. The van der Waals surface area contributed by atoms with Crippen LogP contribution in [0.5, 0.6) is 5.75 Å². The molecule has 1 aromatic heterocycles. The molecule has 4 heteroatoms. The molecule has 0 bridgehead atoms. The van der Waals surface area contributed by atoms with Gasteiger partial charge in [0.25, 0.3) is 0 Å². The predicted molar refractivity (Wildman–Crippen MR) is 72.7 cm³/mol. The van der Waals surface area contributed by atoms with Crippen LogP contribution in [-0.2, 0) is 6.67 Å². The van der Waals surface area contributed by atoms with Crippen LogP contribution in [0.25, 0.3) is 10.9 Å². The van der Waals surface area contributed by atoms with E-state index in [1.165, 1.54) is 0 Å². The van der Waals surface area contributed by atoms with Gasteiger partial charge in [-0.1, -0.05) is 19.1 Å². The zero-order valence-electron chi connectivity index (χ0n) is 11.2. The first-order valence-corrected chi connectivity index (χ1v) is 6.34. The van der Waals surface area contributed by atoms with Gasteiger partial charge in [0.1, 0.15) is 5.75 Å². The number of rotatable bonds is 5. The SMILES string of the molecule is CCCOc1cccc2cc(C)n(C[NH+](C)[O-])c12. The first kappa shape index (κ1) is 12.9. The number of nitrogens with one attached hydrogen (secondary N) is 1. The lowest BCUT2D eigenvalue weighted by molar-refractivity contribution is -0.850. The van der Waals surface area contributed by atoms with Gasteiger partial charge in [0, 0.05) is 11.1 Å². The highest BCUT2D eigenvalue weighted by Crippen LogP contribution is 2.28. The molecule has 0 aliphatic heterocycles. The van der Waals surface area contributed by atoms with Crippen LogP contribution >= 0.6 is 0 Å². The Morgan fingerprint density at radius 2 is 2.17 bits per heavy atom. The second kappa shape index (κ2) is 5.42. The van der Waals surface area contributed by atoms with Crippen molar-refractivity contribution in [3.05, 3.63) is 35.2 Å². The second-order valence-corrected chi connectivity index (χ2v) is 4.62. The third-order valence-electron chi connectivity index (χ3n) is 2.93. The zero-order valence-corrected chi connectivity index (χ0v) is 11.2. The highest BCUT2D eigenvalue weighted by molar-refractivity contribution is 5.87. The van der Waals surface area contributed by atoms with Crippen molar-refractivity contribution in [2.24, 2.45) is 0 Å². The van der Waals surface area contributed by atoms with Crippen molar-refractivity contribution >= 4 is 10.9 Å². The van der Waals surface area contributed by atoms with Crippen molar-refractivity contribution in [1.82, 2.24) is 4.57 Å². The van der Waals surface area contributed by atoms with Gasteiger partial charge in [-0.25, -0.2) is 0 Å². The number of ether oxygens (including phenoxy) is 1. The summed E-state index contributed by atoms with van der Waals surface area (Å²) in [7, 11) is 1.61. The first-order chi connectivity index (χ1) is 8.63. The van der Waals surface area contributed by atoms with E-state index in [0.717, 1.165) is 28.8 Å². The van der Waals surface area contributed by atoms with Crippen LogP contribution in [0.3, 0.4) is 0 Å². The van der Waals surface area contributed by atoms with Gasteiger partial charge in [-0.05, 0) is 25.5 Å². The van der Waals surface area contributed by atoms with Crippen LogP contribution in [0.2, 0.25) is 0 Å². The van der Waals surface area contributed by atoms with Crippen molar-refractivity contribution in [1.29, 1.82) is 0 Å². The summed E-state index contributed by atoms with van der Waals surface area (Å²) in [4.78, 5) is 0. The number of para-hydroxylation sites is 1. The molecule has 2 aromatic rings. The third-order valence-corrected chi connectivity index (χ3v) is 2.93. The van der Waals surface area contributed by atoms with Crippen LogP contribution in [-0.4, -0.2) is 18.2 Å². The van der Waals surface area contributed by atoms with Gasteiger partial charge >= 0.3 is 0 Å². The average Bonchev–Trinajstić information content (AvgIpc) is 2.63. The van der Waals surface area contributed by atoms with Crippen LogP contribution < -0.4 is 9.80 Å². The van der Waals surface area contributed by atoms with Crippen LogP contribution in [0, 0.1) is 12.1 Å².